The summed E-state index contributed by atoms with van der Waals surface area (Å²) in [4.78, 5) is 11.8. The van der Waals surface area contributed by atoms with Gasteiger partial charge in [0, 0.05) is 28.9 Å². The molecule has 1 aromatic rings. The minimum Gasteiger partial charge on any atom is -0.351 e. The molecule has 0 aliphatic heterocycles. The lowest BCUT2D eigenvalue weighted by Gasteiger charge is -2.12. The number of nitrogens with two attached hydrogens (primary N) is 1. The molecule has 0 aromatic heterocycles. The Morgan fingerprint density at radius 2 is 2.22 bits per heavy atom. The van der Waals surface area contributed by atoms with Crippen molar-refractivity contribution >= 4 is 22.4 Å². The molecule has 2 unspecified atom stereocenters. The van der Waals surface area contributed by atoms with E-state index in [2.05, 4.69) is 10.7 Å². The fourth-order valence-corrected chi connectivity index (χ4v) is 1.63. The van der Waals surface area contributed by atoms with Gasteiger partial charge in [0.05, 0.1) is 11.3 Å². The number of hydrogen-bond acceptors (Lipinski definition) is 4. The molecule has 5 nitrogen and oxygen atoms in total. The Morgan fingerprint density at radius 1 is 1.56 bits per heavy atom. The van der Waals surface area contributed by atoms with Crippen LogP contribution in [0.3, 0.4) is 0 Å². The average molecular weight is 273 g/mol. The van der Waals surface area contributed by atoms with Gasteiger partial charge in [0.1, 0.15) is 5.82 Å². The Bertz CT molecular complexity index is 468. The third kappa shape index (κ3) is 3.51. The first-order valence-corrected chi connectivity index (χ1v) is 6.95. The number of nitrogen functional groups attached to an aromatic ring is 1. The molecule has 1 amide bonds. The van der Waals surface area contributed by atoms with Gasteiger partial charge in [-0.1, -0.05) is 6.07 Å². The molecule has 18 heavy (non-hydrogen) atoms. The maximum atomic E-state index is 13.4. The molecule has 0 fully saturated rings. The lowest BCUT2D eigenvalue weighted by Crippen LogP contribution is -2.33. The highest BCUT2D eigenvalue weighted by molar-refractivity contribution is 7.84. The molecule has 0 aliphatic rings. The molecule has 0 spiro atoms. The summed E-state index contributed by atoms with van der Waals surface area (Å²) in [5, 5.41) is 2.42. The molecule has 0 heterocycles. The van der Waals surface area contributed by atoms with Crippen molar-refractivity contribution in [2.75, 3.05) is 18.2 Å². The number of rotatable bonds is 5. The number of carbonyl (C=O) groups excluding carboxylic acids is 1. The summed E-state index contributed by atoms with van der Waals surface area (Å²) in [5.41, 5.74) is 2.22. The van der Waals surface area contributed by atoms with E-state index in [1.54, 1.807) is 13.2 Å². The van der Waals surface area contributed by atoms with Crippen molar-refractivity contribution in [2.45, 2.75) is 12.2 Å². The fourth-order valence-electron chi connectivity index (χ4n) is 1.31. The Labute approximate surface area is 107 Å². The predicted octanol–water partition coefficient (Wildman–Crippen LogP) is 0.608. The van der Waals surface area contributed by atoms with Crippen LogP contribution >= 0.6 is 0 Å². The van der Waals surface area contributed by atoms with Crippen molar-refractivity contribution in [3.8, 4) is 0 Å². The van der Waals surface area contributed by atoms with E-state index in [0.29, 0.717) is 0 Å². The zero-order chi connectivity index (χ0) is 13.7. The van der Waals surface area contributed by atoms with Gasteiger partial charge in [-0.3, -0.25) is 14.8 Å². The Balaban J connectivity index is 2.79. The van der Waals surface area contributed by atoms with Crippen LogP contribution < -0.4 is 16.6 Å². The molecule has 100 valence electrons. The second kappa shape index (κ2) is 6.46. The maximum absolute atomic E-state index is 13.4. The van der Waals surface area contributed by atoms with E-state index in [0.717, 1.165) is 0 Å². The van der Waals surface area contributed by atoms with Gasteiger partial charge in [-0.2, -0.15) is 0 Å². The summed E-state index contributed by atoms with van der Waals surface area (Å²) in [5.74, 6) is 4.12. The summed E-state index contributed by atoms with van der Waals surface area (Å²) < 4.78 is 24.5. The number of para-hydroxylation sites is 1. The minimum atomic E-state index is -1.02. The second-order valence-corrected chi connectivity index (χ2v) is 5.63. The molecule has 1 aromatic carbocycles. The number of anilines is 1. The van der Waals surface area contributed by atoms with Gasteiger partial charge in [-0.25, -0.2) is 4.39 Å². The van der Waals surface area contributed by atoms with Crippen molar-refractivity contribution in [1.82, 2.24) is 5.32 Å². The fraction of sp³-hybridized carbons (Fsp3) is 0.364. The second-order valence-electron chi connectivity index (χ2n) is 3.83. The van der Waals surface area contributed by atoms with Crippen molar-refractivity contribution in [3.63, 3.8) is 0 Å². The third-order valence-corrected chi connectivity index (χ3v) is 3.82. The number of hydrazine groups is 1. The van der Waals surface area contributed by atoms with E-state index in [1.165, 1.54) is 18.2 Å². The van der Waals surface area contributed by atoms with Crippen LogP contribution in [0.15, 0.2) is 18.2 Å². The standard InChI is InChI=1S/C11H16FN3O2S/c1-7(18(2)17)6-14-11(16)8-4-3-5-9(12)10(8)15-13/h3-5,7,15H,6,13H2,1-2H3,(H,14,16). The number of halogens is 1. The molecular weight excluding hydrogens is 257 g/mol. The van der Waals surface area contributed by atoms with E-state index in [1.807, 2.05) is 0 Å². The molecule has 0 bridgehead atoms. The zero-order valence-electron chi connectivity index (χ0n) is 10.2. The van der Waals surface area contributed by atoms with Crippen LogP contribution in [0.2, 0.25) is 0 Å². The highest BCUT2D eigenvalue weighted by atomic mass is 32.2. The molecule has 0 aliphatic carbocycles. The Morgan fingerprint density at radius 3 is 2.78 bits per heavy atom. The maximum Gasteiger partial charge on any atom is 0.253 e. The number of amides is 1. The monoisotopic (exact) mass is 273 g/mol. The first kappa shape index (κ1) is 14.6. The lowest BCUT2D eigenvalue weighted by atomic mass is 10.1. The molecule has 0 saturated heterocycles. The largest absolute Gasteiger partial charge is 0.351 e. The van der Waals surface area contributed by atoms with Crippen molar-refractivity contribution < 1.29 is 13.4 Å². The van der Waals surface area contributed by atoms with Crippen molar-refractivity contribution in [2.24, 2.45) is 5.84 Å². The number of nitrogens with one attached hydrogen (secondary N) is 2. The van der Waals surface area contributed by atoms with Crippen LogP contribution in [0, 0.1) is 5.82 Å². The van der Waals surface area contributed by atoms with Gasteiger partial charge in [0.2, 0.25) is 0 Å². The van der Waals surface area contributed by atoms with Crippen LogP contribution in [-0.4, -0.2) is 28.2 Å². The first-order valence-electron chi connectivity index (χ1n) is 5.33. The smallest absolute Gasteiger partial charge is 0.253 e. The first-order chi connectivity index (χ1) is 8.47. The molecular formula is C11H16FN3O2S. The van der Waals surface area contributed by atoms with Gasteiger partial charge in [-0.05, 0) is 19.1 Å². The van der Waals surface area contributed by atoms with Gasteiger partial charge in [-0.15, -0.1) is 0 Å². The van der Waals surface area contributed by atoms with E-state index in [9.17, 15) is 13.4 Å². The molecule has 7 heteroatoms. The van der Waals surface area contributed by atoms with Crippen LogP contribution in [-0.2, 0) is 10.8 Å². The normalized spacial score (nSPS) is 13.8. The van der Waals surface area contributed by atoms with E-state index < -0.39 is 22.5 Å². The zero-order valence-corrected chi connectivity index (χ0v) is 11.0. The van der Waals surface area contributed by atoms with E-state index in [4.69, 9.17) is 5.84 Å². The molecule has 4 N–H and O–H groups in total. The highest BCUT2D eigenvalue weighted by Gasteiger charge is 2.15. The highest BCUT2D eigenvalue weighted by Crippen LogP contribution is 2.18. The van der Waals surface area contributed by atoms with E-state index >= 15 is 0 Å². The number of hydrogen-bond donors (Lipinski definition) is 3. The summed E-state index contributed by atoms with van der Waals surface area (Å²) in [6.45, 7) is 2.01. The van der Waals surface area contributed by atoms with Crippen LogP contribution in [0.25, 0.3) is 0 Å². The Hall–Kier alpha value is -1.47. The number of benzene rings is 1. The summed E-state index contributed by atoms with van der Waals surface area (Å²) in [6, 6.07) is 4.09. The lowest BCUT2D eigenvalue weighted by molar-refractivity contribution is 0.0954. The van der Waals surface area contributed by atoms with Crippen LogP contribution in [0.5, 0.6) is 0 Å². The van der Waals surface area contributed by atoms with Gasteiger partial charge < -0.3 is 10.7 Å². The minimum absolute atomic E-state index is 0.0553. The SMILES string of the molecule is CC(CNC(=O)c1cccc(F)c1NN)S(C)=O. The summed E-state index contributed by atoms with van der Waals surface area (Å²) in [6.07, 6.45) is 1.56. The topological polar surface area (TPSA) is 84.2 Å². The summed E-state index contributed by atoms with van der Waals surface area (Å²) >= 11 is 0. The molecule has 0 saturated carbocycles. The summed E-state index contributed by atoms with van der Waals surface area (Å²) in [7, 11) is -1.02. The van der Waals surface area contributed by atoms with Crippen LogP contribution in [0.4, 0.5) is 10.1 Å². The molecule has 2 atom stereocenters. The quantitative estimate of drug-likeness (QED) is 0.542. The van der Waals surface area contributed by atoms with Gasteiger partial charge >= 0.3 is 0 Å². The van der Waals surface area contributed by atoms with Crippen molar-refractivity contribution in [3.05, 3.63) is 29.6 Å². The van der Waals surface area contributed by atoms with Crippen LogP contribution in [0.1, 0.15) is 17.3 Å². The predicted molar refractivity (Wildman–Crippen MR) is 70.1 cm³/mol. The molecule has 1 rings (SSSR count). The third-order valence-electron chi connectivity index (χ3n) is 2.52. The number of carbonyl (C=O) groups is 1. The van der Waals surface area contributed by atoms with Gasteiger partial charge in [0.25, 0.3) is 5.91 Å². The van der Waals surface area contributed by atoms with E-state index in [-0.39, 0.29) is 23.0 Å². The molecule has 0 radical (unpaired) electrons. The van der Waals surface area contributed by atoms with Crippen molar-refractivity contribution in [1.29, 1.82) is 0 Å². The average Bonchev–Trinajstić information content (AvgIpc) is 2.34. The Kier molecular flexibility index (Phi) is 5.24. The van der Waals surface area contributed by atoms with Gasteiger partial charge in [0.15, 0.2) is 0 Å².